The van der Waals surface area contributed by atoms with Gasteiger partial charge in [-0.2, -0.15) is 0 Å². The highest BCUT2D eigenvalue weighted by molar-refractivity contribution is 7.26. The van der Waals surface area contributed by atoms with Crippen molar-refractivity contribution in [3.8, 4) is 67.3 Å². The highest BCUT2D eigenvalue weighted by atomic mass is 32.1. The maximum atomic E-state index is 5.39. The first-order chi connectivity index (χ1) is 29.5. The second-order valence-corrected chi connectivity index (χ2v) is 17.6. The molecule has 0 amide bonds. The van der Waals surface area contributed by atoms with E-state index in [0.717, 1.165) is 33.6 Å². The molecule has 2 nitrogen and oxygen atoms in total. The monoisotopic (exact) mass is 782 g/mol. The van der Waals surface area contributed by atoms with Gasteiger partial charge in [-0.15, -0.1) is 11.3 Å². The van der Waals surface area contributed by atoms with E-state index in [0.29, 0.717) is 5.82 Å². The van der Waals surface area contributed by atoms with Crippen LogP contribution in [0.5, 0.6) is 0 Å². The number of benzene rings is 9. The van der Waals surface area contributed by atoms with Crippen molar-refractivity contribution < 1.29 is 0 Å². The minimum absolute atomic E-state index is 0.186. The van der Waals surface area contributed by atoms with Crippen LogP contribution in [-0.4, -0.2) is 9.97 Å². The summed E-state index contributed by atoms with van der Waals surface area (Å²) in [5.41, 5.74) is 14.8. The highest BCUT2D eigenvalue weighted by Gasteiger charge is 2.37. The van der Waals surface area contributed by atoms with Crippen molar-refractivity contribution in [3.05, 3.63) is 205 Å². The average Bonchev–Trinajstić information content (AvgIpc) is 3.80. The lowest BCUT2D eigenvalue weighted by atomic mass is 9.80. The fraction of sp³-hybridized carbons (Fsp3) is 0.0526. The van der Waals surface area contributed by atoms with Crippen molar-refractivity contribution in [1.82, 2.24) is 9.97 Å². The quantitative estimate of drug-likeness (QED) is 0.174. The van der Waals surface area contributed by atoms with Gasteiger partial charge < -0.3 is 0 Å². The summed E-state index contributed by atoms with van der Waals surface area (Å²) in [5.74, 6) is 0.709. The summed E-state index contributed by atoms with van der Waals surface area (Å²) < 4.78 is 2.59. The van der Waals surface area contributed by atoms with Gasteiger partial charge in [-0.3, -0.25) is 0 Å². The molecule has 11 aromatic rings. The van der Waals surface area contributed by atoms with Crippen molar-refractivity contribution in [1.29, 1.82) is 0 Å². The van der Waals surface area contributed by atoms with E-state index in [1.165, 1.54) is 80.7 Å². The number of rotatable bonds is 5. The van der Waals surface area contributed by atoms with Gasteiger partial charge in [-0.1, -0.05) is 172 Å². The SMILES string of the molecule is CC1(C)c2cc(-c3cc(-c4cc(-c5cccc6ccccc56)cc(-c5cccc6c5sc5ccccc56)c4)nc(-c4ccccc4)n3)ccc2-c2ccc3ccccc3c21. The fourth-order valence-electron chi connectivity index (χ4n) is 9.76. The van der Waals surface area contributed by atoms with E-state index >= 15 is 0 Å². The third-order valence-electron chi connectivity index (χ3n) is 12.6. The van der Waals surface area contributed by atoms with E-state index in [4.69, 9.17) is 9.97 Å². The van der Waals surface area contributed by atoms with Crippen LogP contribution in [0.2, 0.25) is 0 Å². The molecule has 0 unspecified atom stereocenters. The summed E-state index contributed by atoms with van der Waals surface area (Å²) in [7, 11) is 0. The molecule has 0 saturated carbocycles. The molecule has 1 aliphatic rings. The average molecular weight is 783 g/mol. The molecule has 0 spiro atoms. The Balaban J connectivity index is 1.09. The van der Waals surface area contributed by atoms with E-state index < -0.39 is 0 Å². The smallest absolute Gasteiger partial charge is 0.160 e. The van der Waals surface area contributed by atoms with E-state index in [1.807, 2.05) is 17.4 Å². The zero-order valence-electron chi connectivity index (χ0n) is 33.3. The van der Waals surface area contributed by atoms with Gasteiger partial charge in [0.2, 0.25) is 0 Å². The summed E-state index contributed by atoms with van der Waals surface area (Å²) in [5, 5.41) is 7.63. The third-order valence-corrected chi connectivity index (χ3v) is 13.9. The Morgan fingerprint density at radius 1 is 0.383 bits per heavy atom. The van der Waals surface area contributed by atoms with Crippen LogP contribution >= 0.6 is 11.3 Å². The highest BCUT2D eigenvalue weighted by Crippen LogP contribution is 2.52. The first-order valence-corrected chi connectivity index (χ1v) is 21.5. The van der Waals surface area contributed by atoms with Gasteiger partial charge in [-0.25, -0.2) is 9.97 Å². The summed E-state index contributed by atoms with van der Waals surface area (Å²) in [6, 6.07) is 70.7. The van der Waals surface area contributed by atoms with Gasteiger partial charge in [0, 0.05) is 42.3 Å². The lowest BCUT2D eigenvalue weighted by Crippen LogP contribution is -2.15. The summed E-state index contributed by atoms with van der Waals surface area (Å²) in [6.07, 6.45) is 0. The Hall–Kier alpha value is -7.20. The van der Waals surface area contributed by atoms with E-state index in [-0.39, 0.29) is 5.41 Å². The van der Waals surface area contributed by atoms with Crippen LogP contribution in [0.4, 0.5) is 0 Å². The molecule has 2 aromatic heterocycles. The molecule has 0 saturated heterocycles. The number of hydrogen-bond acceptors (Lipinski definition) is 3. The van der Waals surface area contributed by atoms with Gasteiger partial charge in [-0.05, 0) is 102 Å². The molecule has 3 heteroatoms. The molecule has 0 aliphatic heterocycles. The second kappa shape index (κ2) is 13.4. The Morgan fingerprint density at radius 2 is 0.983 bits per heavy atom. The van der Waals surface area contributed by atoms with Gasteiger partial charge in [0.05, 0.1) is 11.4 Å². The maximum Gasteiger partial charge on any atom is 0.160 e. The van der Waals surface area contributed by atoms with E-state index in [9.17, 15) is 0 Å². The molecule has 0 radical (unpaired) electrons. The number of thiophene rings is 1. The number of aromatic nitrogens is 2. The van der Waals surface area contributed by atoms with Crippen LogP contribution in [-0.2, 0) is 5.41 Å². The molecular weight excluding hydrogens is 745 g/mol. The normalized spacial score (nSPS) is 13.0. The minimum Gasteiger partial charge on any atom is -0.228 e. The van der Waals surface area contributed by atoms with Crippen molar-refractivity contribution in [2.45, 2.75) is 19.3 Å². The van der Waals surface area contributed by atoms with Crippen LogP contribution in [0.3, 0.4) is 0 Å². The lowest BCUT2D eigenvalue weighted by Gasteiger charge is -2.23. The van der Waals surface area contributed by atoms with Gasteiger partial charge in [0.15, 0.2) is 5.82 Å². The molecular formula is C57H38N2S. The Morgan fingerprint density at radius 3 is 1.82 bits per heavy atom. The van der Waals surface area contributed by atoms with Crippen LogP contribution in [0.15, 0.2) is 194 Å². The first-order valence-electron chi connectivity index (χ1n) is 20.6. The predicted molar refractivity (Wildman–Crippen MR) is 255 cm³/mol. The molecule has 2 heterocycles. The maximum absolute atomic E-state index is 5.39. The van der Waals surface area contributed by atoms with Gasteiger partial charge in [0.25, 0.3) is 0 Å². The Labute approximate surface area is 353 Å². The van der Waals surface area contributed by atoms with Crippen molar-refractivity contribution in [2.75, 3.05) is 0 Å². The number of nitrogens with zero attached hydrogens (tertiary/aromatic N) is 2. The molecule has 0 N–H and O–H groups in total. The van der Waals surface area contributed by atoms with Crippen LogP contribution in [0.25, 0.3) is 109 Å². The molecule has 1 aliphatic carbocycles. The predicted octanol–water partition coefficient (Wildman–Crippen LogP) is 15.8. The molecule has 0 atom stereocenters. The minimum atomic E-state index is -0.186. The van der Waals surface area contributed by atoms with Crippen molar-refractivity contribution in [3.63, 3.8) is 0 Å². The van der Waals surface area contributed by atoms with Crippen LogP contribution in [0.1, 0.15) is 25.0 Å². The standard InChI is InChI=1S/C57H38N2S/c1-57(2)50-33-38(27-28-46(50)48-29-26-36-15-7-9-20-44(36)54(48)57)51-34-52(59-56(58-51)37-16-4-3-5-17-37)41-31-39(43-22-12-18-35-14-6-8-19-42(35)43)30-40(32-41)45-23-13-24-49-47-21-10-11-25-53(47)60-55(45)49/h3-34H,1-2H3. The molecule has 60 heavy (non-hydrogen) atoms. The lowest BCUT2D eigenvalue weighted by molar-refractivity contribution is 0.666. The second-order valence-electron chi connectivity index (χ2n) is 16.5. The van der Waals surface area contributed by atoms with Crippen molar-refractivity contribution in [2.24, 2.45) is 0 Å². The van der Waals surface area contributed by atoms with Crippen molar-refractivity contribution >= 4 is 53.1 Å². The zero-order valence-corrected chi connectivity index (χ0v) is 34.1. The topological polar surface area (TPSA) is 25.8 Å². The molecule has 12 rings (SSSR count). The summed E-state index contributed by atoms with van der Waals surface area (Å²) in [6.45, 7) is 4.73. The Bertz CT molecular complexity index is 3520. The first kappa shape index (κ1) is 34.8. The number of fused-ring (bicyclic) bond motifs is 9. The van der Waals surface area contributed by atoms with Gasteiger partial charge in [0.1, 0.15) is 0 Å². The summed E-state index contributed by atoms with van der Waals surface area (Å²) >= 11 is 1.87. The third kappa shape index (κ3) is 5.47. The Kier molecular flexibility index (Phi) is 7.79. The fourth-order valence-corrected chi connectivity index (χ4v) is 11.0. The molecule has 0 fully saturated rings. The molecule has 0 bridgehead atoms. The largest absolute Gasteiger partial charge is 0.228 e. The van der Waals surface area contributed by atoms with E-state index in [1.54, 1.807) is 0 Å². The molecule has 282 valence electrons. The van der Waals surface area contributed by atoms with Crippen LogP contribution in [0, 0.1) is 0 Å². The zero-order chi connectivity index (χ0) is 40.0. The number of hydrogen-bond donors (Lipinski definition) is 0. The van der Waals surface area contributed by atoms with Gasteiger partial charge >= 0.3 is 0 Å². The summed E-state index contributed by atoms with van der Waals surface area (Å²) in [4.78, 5) is 10.7. The molecule has 9 aromatic carbocycles. The van der Waals surface area contributed by atoms with E-state index in [2.05, 4.69) is 202 Å². The van der Waals surface area contributed by atoms with Crippen LogP contribution < -0.4 is 0 Å².